The van der Waals surface area contributed by atoms with Gasteiger partial charge in [0.05, 0.1) is 17.2 Å². The molecule has 2 nitrogen and oxygen atoms in total. The number of hydrogen-bond acceptors (Lipinski definition) is 2. The smallest absolute Gasteiger partial charge is 0.142 e. The van der Waals surface area contributed by atoms with E-state index >= 15 is 0 Å². The quantitative estimate of drug-likeness (QED) is 0.910. The lowest BCUT2D eigenvalue weighted by Gasteiger charge is -2.18. The first-order chi connectivity index (χ1) is 9.65. The summed E-state index contributed by atoms with van der Waals surface area (Å²) in [5.74, 6) is -0.418. The van der Waals surface area contributed by atoms with E-state index in [4.69, 9.17) is 11.6 Å². The van der Waals surface area contributed by atoms with Gasteiger partial charge in [-0.3, -0.25) is 0 Å². The molecule has 0 amide bonds. The Morgan fingerprint density at radius 3 is 2.85 bits per heavy atom. The zero-order valence-electron chi connectivity index (χ0n) is 10.8. The van der Waals surface area contributed by atoms with E-state index in [1.165, 1.54) is 11.6 Å². The first kappa shape index (κ1) is 13.6. The van der Waals surface area contributed by atoms with E-state index in [9.17, 15) is 9.50 Å². The molecule has 0 fully saturated rings. The summed E-state index contributed by atoms with van der Waals surface area (Å²) in [5.41, 5.74) is 3.10. The third kappa shape index (κ3) is 2.57. The van der Waals surface area contributed by atoms with E-state index in [-0.39, 0.29) is 11.1 Å². The maximum absolute atomic E-state index is 13.4. The third-order valence-corrected chi connectivity index (χ3v) is 4.02. The average molecular weight is 292 g/mol. The molecule has 0 saturated carbocycles. The maximum Gasteiger partial charge on any atom is 0.142 e. The molecular weight excluding hydrogens is 277 g/mol. The Kier molecular flexibility index (Phi) is 3.74. The second-order valence-electron chi connectivity index (χ2n) is 5.08. The van der Waals surface area contributed by atoms with E-state index in [0.717, 1.165) is 11.1 Å². The number of aliphatic hydroxyl groups is 1. The molecule has 2 N–H and O–H groups in total. The van der Waals surface area contributed by atoms with Crippen molar-refractivity contribution in [1.29, 1.82) is 0 Å². The van der Waals surface area contributed by atoms with Gasteiger partial charge >= 0.3 is 0 Å². The maximum atomic E-state index is 13.4. The molecule has 3 rings (SSSR count). The molecule has 4 heteroatoms. The van der Waals surface area contributed by atoms with Crippen LogP contribution in [0.1, 0.15) is 22.7 Å². The third-order valence-electron chi connectivity index (χ3n) is 3.71. The zero-order valence-corrected chi connectivity index (χ0v) is 11.6. The number of aliphatic hydroxyl groups excluding tert-OH is 1. The van der Waals surface area contributed by atoms with Gasteiger partial charge in [0, 0.05) is 13.0 Å². The number of fused-ring (bicyclic) bond motifs is 1. The van der Waals surface area contributed by atoms with Crippen molar-refractivity contribution in [2.24, 2.45) is 0 Å². The Bertz CT molecular complexity index is 632. The number of nitrogens with one attached hydrogen (secondary N) is 1. The minimum Gasteiger partial charge on any atom is -0.391 e. The SMILES string of the molecule is O[C@H]1Cc2ccccc2[C@H]1NCc1ccc(Cl)c(F)c1. The summed E-state index contributed by atoms with van der Waals surface area (Å²) < 4.78 is 13.4. The largest absolute Gasteiger partial charge is 0.391 e. The van der Waals surface area contributed by atoms with Crippen LogP contribution in [0.2, 0.25) is 5.02 Å². The Morgan fingerprint density at radius 1 is 1.25 bits per heavy atom. The van der Waals surface area contributed by atoms with E-state index in [1.807, 2.05) is 24.3 Å². The monoisotopic (exact) mass is 291 g/mol. The number of hydrogen-bond donors (Lipinski definition) is 2. The molecular formula is C16H15ClFNO. The summed E-state index contributed by atoms with van der Waals surface area (Å²) in [6.45, 7) is 0.490. The van der Waals surface area contributed by atoms with Crippen LogP contribution in [0.25, 0.3) is 0 Å². The molecule has 2 atom stereocenters. The van der Waals surface area contributed by atoms with Gasteiger partial charge in [0.1, 0.15) is 5.82 Å². The summed E-state index contributed by atoms with van der Waals surface area (Å²) in [4.78, 5) is 0. The predicted molar refractivity (Wildman–Crippen MR) is 77.1 cm³/mol. The standard InChI is InChI=1S/C16H15ClFNO/c17-13-6-5-10(7-14(13)18)9-19-16-12-4-2-1-3-11(12)8-15(16)20/h1-7,15-16,19-20H,8-9H2/t15-,16+/m0/s1. The molecule has 0 heterocycles. The van der Waals surface area contributed by atoms with Gasteiger partial charge in [-0.2, -0.15) is 0 Å². The highest BCUT2D eigenvalue weighted by molar-refractivity contribution is 6.30. The molecule has 0 radical (unpaired) electrons. The van der Waals surface area contributed by atoms with Crippen molar-refractivity contribution in [1.82, 2.24) is 5.32 Å². The van der Waals surface area contributed by atoms with Crippen LogP contribution in [0.5, 0.6) is 0 Å². The van der Waals surface area contributed by atoms with Gasteiger partial charge < -0.3 is 10.4 Å². The topological polar surface area (TPSA) is 32.3 Å². The summed E-state index contributed by atoms with van der Waals surface area (Å²) >= 11 is 5.66. The molecule has 2 aromatic rings. The van der Waals surface area contributed by atoms with Crippen molar-refractivity contribution >= 4 is 11.6 Å². The molecule has 20 heavy (non-hydrogen) atoms. The van der Waals surface area contributed by atoms with Gasteiger partial charge in [0.15, 0.2) is 0 Å². The highest BCUT2D eigenvalue weighted by Crippen LogP contribution is 2.31. The van der Waals surface area contributed by atoms with Crippen molar-refractivity contribution in [3.63, 3.8) is 0 Å². The molecule has 0 bridgehead atoms. The van der Waals surface area contributed by atoms with Gasteiger partial charge in [-0.25, -0.2) is 4.39 Å². The lowest BCUT2D eigenvalue weighted by molar-refractivity contribution is 0.140. The Morgan fingerprint density at radius 2 is 2.05 bits per heavy atom. The minimum absolute atomic E-state index is 0.107. The lowest BCUT2D eigenvalue weighted by atomic mass is 10.1. The van der Waals surface area contributed by atoms with E-state index < -0.39 is 11.9 Å². The molecule has 0 saturated heterocycles. The van der Waals surface area contributed by atoms with Crippen LogP contribution in [0.3, 0.4) is 0 Å². The van der Waals surface area contributed by atoms with E-state index in [1.54, 1.807) is 12.1 Å². The van der Waals surface area contributed by atoms with Crippen molar-refractivity contribution in [2.45, 2.75) is 25.1 Å². The molecule has 1 aliphatic rings. The second-order valence-corrected chi connectivity index (χ2v) is 5.48. The Labute approximate surface area is 122 Å². The first-order valence-corrected chi connectivity index (χ1v) is 6.96. The Hall–Kier alpha value is -1.42. The number of halogens is 2. The fourth-order valence-corrected chi connectivity index (χ4v) is 2.81. The van der Waals surface area contributed by atoms with Crippen LogP contribution in [-0.4, -0.2) is 11.2 Å². The number of benzene rings is 2. The molecule has 104 valence electrons. The highest BCUT2D eigenvalue weighted by Gasteiger charge is 2.30. The summed E-state index contributed by atoms with van der Waals surface area (Å²) in [5, 5.41) is 13.5. The minimum atomic E-state index is -0.440. The van der Waals surface area contributed by atoms with Crippen LogP contribution in [0.4, 0.5) is 4.39 Å². The highest BCUT2D eigenvalue weighted by atomic mass is 35.5. The zero-order chi connectivity index (χ0) is 14.1. The Balaban J connectivity index is 1.74. The van der Waals surface area contributed by atoms with Crippen LogP contribution in [0.15, 0.2) is 42.5 Å². The predicted octanol–water partition coefficient (Wildman–Crippen LogP) is 3.23. The summed E-state index contributed by atoms with van der Waals surface area (Å²) in [6, 6.07) is 12.6. The number of rotatable bonds is 3. The molecule has 0 aliphatic heterocycles. The van der Waals surface area contributed by atoms with Crippen LogP contribution >= 0.6 is 11.6 Å². The fourth-order valence-electron chi connectivity index (χ4n) is 2.70. The van der Waals surface area contributed by atoms with Crippen molar-refractivity contribution in [3.05, 3.63) is 70.0 Å². The van der Waals surface area contributed by atoms with Gasteiger partial charge in [-0.1, -0.05) is 41.9 Å². The van der Waals surface area contributed by atoms with E-state index in [2.05, 4.69) is 5.32 Å². The van der Waals surface area contributed by atoms with Crippen LogP contribution < -0.4 is 5.32 Å². The summed E-state index contributed by atoms with van der Waals surface area (Å²) in [6.07, 6.45) is 0.215. The van der Waals surface area contributed by atoms with Gasteiger partial charge in [-0.15, -0.1) is 0 Å². The molecule has 0 spiro atoms. The van der Waals surface area contributed by atoms with Crippen LogP contribution in [-0.2, 0) is 13.0 Å². The lowest BCUT2D eigenvalue weighted by Crippen LogP contribution is -2.28. The molecule has 0 aromatic heterocycles. The fraction of sp³-hybridized carbons (Fsp3) is 0.250. The normalized spacial score (nSPS) is 20.9. The van der Waals surface area contributed by atoms with Crippen molar-refractivity contribution in [3.8, 4) is 0 Å². The van der Waals surface area contributed by atoms with Gasteiger partial charge in [0.2, 0.25) is 0 Å². The van der Waals surface area contributed by atoms with Crippen LogP contribution in [0, 0.1) is 5.82 Å². The molecule has 2 aromatic carbocycles. The van der Waals surface area contributed by atoms with Gasteiger partial charge in [0.25, 0.3) is 0 Å². The van der Waals surface area contributed by atoms with Crippen molar-refractivity contribution in [2.75, 3.05) is 0 Å². The second kappa shape index (κ2) is 5.52. The average Bonchev–Trinajstić information content (AvgIpc) is 2.76. The van der Waals surface area contributed by atoms with Crippen molar-refractivity contribution < 1.29 is 9.50 Å². The summed E-state index contributed by atoms with van der Waals surface area (Å²) in [7, 11) is 0. The molecule has 1 aliphatic carbocycles. The molecule has 0 unspecified atom stereocenters. The van der Waals surface area contributed by atoms with E-state index in [0.29, 0.717) is 13.0 Å². The first-order valence-electron chi connectivity index (χ1n) is 6.58. The van der Waals surface area contributed by atoms with Gasteiger partial charge in [-0.05, 0) is 28.8 Å².